The summed E-state index contributed by atoms with van der Waals surface area (Å²) in [5.74, 6) is -0.512. The number of nitrogens with one attached hydrogen (secondary N) is 1. The van der Waals surface area contributed by atoms with Gasteiger partial charge < -0.3 is 11.1 Å². The summed E-state index contributed by atoms with van der Waals surface area (Å²) in [6.07, 6.45) is 1.56. The maximum absolute atomic E-state index is 13.3. The normalized spacial score (nSPS) is 12.2. The Bertz CT molecular complexity index is 393. The van der Waals surface area contributed by atoms with Gasteiger partial charge in [0.05, 0.1) is 0 Å². The van der Waals surface area contributed by atoms with E-state index >= 15 is 0 Å². The van der Waals surface area contributed by atoms with Crippen molar-refractivity contribution in [3.05, 3.63) is 29.6 Å². The number of carbonyl (C=O) groups excluding carboxylic acids is 1. The molecule has 3 nitrogen and oxygen atoms in total. The molecule has 1 aromatic carbocycles. The molecule has 17 heavy (non-hydrogen) atoms. The van der Waals surface area contributed by atoms with Crippen LogP contribution in [0.15, 0.2) is 18.2 Å². The molecule has 1 unspecified atom stereocenters. The van der Waals surface area contributed by atoms with Crippen LogP contribution in [0.4, 0.5) is 10.1 Å². The van der Waals surface area contributed by atoms with E-state index in [9.17, 15) is 9.18 Å². The molecule has 1 aromatic rings. The molecule has 94 valence electrons. The zero-order chi connectivity index (χ0) is 12.8. The highest BCUT2D eigenvalue weighted by molar-refractivity contribution is 5.92. The Morgan fingerprint density at radius 3 is 2.82 bits per heavy atom. The van der Waals surface area contributed by atoms with E-state index in [1.807, 2.05) is 6.92 Å². The van der Waals surface area contributed by atoms with Gasteiger partial charge >= 0.3 is 0 Å². The van der Waals surface area contributed by atoms with Gasteiger partial charge in [-0.25, -0.2) is 4.39 Å². The zero-order valence-electron chi connectivity index (χ0n) is 10.3. The van der Waals surface area contributed by atoms with Crippen LogP contribution in [0.5, 0.6) is 0 Å². The van der Waals surface area contributed by atoms with Crippen molar-refractivity contribution >= 4 is 11.6 Å². The Hall–Kier alpha value is -1.42. The molecule has 0 spiro atoms. The van der Waals surface area contributed by atoms with Crippen molar-refractivity contribution < 1.29 is 9.18 Å². The van der Waals surface area contributed by atoms with E-state index in [4.69, 9.17) is 5.73 Å². The summed E-state index contributed by atoms with van der Waals surface area (Å²) >= 11 is 0. The van der Waals surface area contributed by atoms with Crippen LogP contribution in [-0.4, -0.2) is 12.5 Å². The number of rotatable bonds is 5. The van der Waals surface area contributed by atoms with Crippen molar-refractivity contribution in [2.45, 2.75) is 26.7 Å². The Kier molecular flexibility index (Phi) is 5.10. The van der Waals surface area contributed by atoms with Crippen molar-refractivity contribution in [3.63, 3.8) is 0 Å². The smallest absolute Gasteiger partial charge is 0.227 e. The van der Waals surface area contributed by atoms with E-state index < -0.39 is 0 Å². The topological polar surface area (TPSA) is 55.1 Å². The molecule has 4 heteroatoms. The fraction of sp³-hybridized carbons (Fsp3) is 0.462. The van der Waals surface area contributed by atoms with Gasteiger partial charge in [-0.05, 0) is 44.0 Å². The average Bonchev–Trinajstić information content (AvgIpc) is 2.30. The van der Waals surface area contributed by atoms with Crippen LogP contribution in [0.25, 0.3) is 0 Å². The maximum atomic E-state index is 13.3. The van der Waals surface area contributed by atoms with Gasteiger partial charge in [0.25, 0.3) is 0 Å². The van der Waals surface area contributed by atoms with Crippen LogP contribution in [0.3, 0.4) is 0 Å². The first-order chi connectivity index (χ1) is 8.04. The summed E-state index contributed by atoms with van der Waals surface area (Å²) in [5, 5.41) is 2.70. The largest absolute Gasteiger partial charge is 0.330 e. The second-order valence-electron chi connectivity index (χ2n) is 4.29. The Balaban J connectivity index is 2.58. The van der Waals surface area contributed by atoms with Gasteiger partial charge in [0.1, 0.15) is 5.82 Å². The van der Waals surface area contributed by atoms with Crippen LogP contribution in [0.2, 0.25) is 0 Å². The summed E-state index contributed by atoms with van der Waals surface area (Å²) in [6, 6.07) is 4.68. The summed E-state index contributed by atoms with van der Waals surface area (Å²) < 4.78 is 13.3. The quantitative estimate of drug-likeness (QED) is 0.827. The number of halogens is 1. The number of benzene rings is 1. The molecule has 0 saturated carbocycles. The summed E-state index contributed by atoms with van der Waals surface area (Å²) in [5.41, 5.74) is 6.45. The van der Waals surface area contributed by atoms with Crippen LogP contribution in [-0.2, 0) is 4.79 Å². The third kappa shape index (κ3) is 4.15. The molecule has 0 aromatic heterocycles. The van der Waals surface area contributed by atoms with E-state index in [-0.39, 0.29) is 17.6 Å². The molecular formula is C13H19FN2O. The monoisotopic (exact) mass is 238 g/mol. The molecule has 1 rings (SSSR count). The average molecular weight is 238 g/mol. The van der Waals surface area contributed by atoms with E-state index in [0.29, 0.717) is 17.8 Å². The number of nitrogens with two attached hydrogens (primary N) is 1. The molecule has 0 radical (unpaired) electrons. The lowest BCUT2D eigenvalue weighted by Gasteiger charge is -2.12. The highest BCUT2D eigenvalue weighted by Gasteiger charge is 2.12. The molecule has 0 fully saturated rings. The SMILES string of the molecule is Cc1ccc(NC(=O)C(C)CCCN)cc1F. The predicted octanol–water partition coefficient (Wildman–Crippen LogP) is 2.45. The molecular weight excluding hydrogens is 219 g/mol. The molecule has 3 N–H and O–H groups in total. The maximum Gasteiger partial charge on any atom is 0.227 e. The minimum absolute atomic E-state index is 0.0956. The predicted molar refractivity (Wildman–Crippen MR) is 67.2 cm³/mol. The Morgan fingerprint density at radius 2 is 2.24 bits per heavy atom. The van der Waals surface area contributed by atoms with Crippen LogP contribution in [0, 0.1) is 18.7 Å². The highest BCUT2D eigenvalue weighted by Crippen LogP contribution is 2.15. The standard InChI is InChI=1S/C13H19FN2O/c1-9-5-6-11(8-12(9)14)16-13(17)10(2)4-3-7-15/h5-6,8,10H,3-4,7,15H2,1-2H3,(H,16,17). The first kappa shape index (κ1) is 13.6. The molecule has 0 heterocycles. The fourth-order valence-corrected chi connectivity index (χ4v) is 1.49. The summed E-state index contributed by atoms with van der Waals surface area (Å²) in [7, 11) is 0. The molecule has 0 aliphatic rings. The number of carbonyl (C=O) groups is 1. The third-order valence-corrected chi connectivity index (χ3v) is 2.73. The number of aryl methyl sites for hydroxylation is 1. The number of amides is 1. The number of hydrogen-bond acceptors (Lipinski definition) is 2. The van der Waals surface area contributed by atoms with Gasteiger partial charge in [-0.2, -0.15) is 0 Å². The van der Waals surface area contributed by atoms with Gasteiger partial charge in [0.15, 0.2) is 0 Å². The minimum Gasteiger partial charge on any atom is -0.330 e. The lowest BCUT2D eigenvalue weighted by atomic mass is 10.0. The number of anilines is 1. The second-order valence-corrected chi connectivity index (χ2v) is 4.29. The van der Waals surface area contributed by atoms with E-state index in [2.05, 4.69) is 5.32 Å². The van der Waals surface area contributed by atoms with Gasteiger partial charge in [-0.1, -0.05) is 13.0 Å². The Labute approximate surface area is 101 Å². The third-order valence-electron chi connectivity index (χ3n) is 2.73. The van der Waals surface area contributed by atoms with Gasteiger partial charge in [-0.3, -0.25) is 4.79 Å². The van der Waals surface area contributed by atoms with Crippen molar-refractivity contribution in [3.8, 4) is 0 Å². The van der Waals surface area contributed by atoms with Crippen LogP contribution < -0.4 is 11.1 Å². The fourth-order valence-electron chi connectivity index (χ4n) is 1.49. The second kappa shape index (κ2) is 6.35. The van der Waals surface area contributed by atoms with E-state index in [0.717, 1.165) is 12.8 Å². The minimum atomic E-state index is -0.308. The van der Waals surface area contributed by atoms with Crippen molar-refractivity contribution in [2.24, 2.45) is 11.7 Å². The molecule has 0 saturated heterocycles. The molecule has 0 bridgehead atoms. The first-order valence-corrected chi connectivity index (χ1v) is 5.81. The van der Waals surface area contributed by atoms with Crippen molar-refractivity contribution in [1.29, 1.82) is 0 Å². The Morgan fingerprint density at radius 1 is 1.53 bits per heavy atom. The van der Waals surface area contributed by atoms with Crippen LogP contribution in [0.1, 0.15) is 25.3 Å². The number of hydrogen-bond donors (Lipinski definition) is 2. The molecule has 0 aliphatic heterocycles. The molecule has 1 amide bonds. The molecule has 0 aliphatic carbocycles. The van der Waals surface area contributed by atoms with Gasteiger partial charge in [0.2, 0.25) is 5.91 Å². The molecule has 1 atom stereocenters. The van der Waals surface area contributed by atoms with Gasteiger partial charge in [0, 0.05) is 11.6 Å². The summed E-state index contributed by atoms with van der Waals surface area (Å²) in [4.78, 5) is 11.7. The van der Waals surface area contributed by atoms with E-state index in [1.165, 1.54) is 6.07 Å². The highest BCUT2D eigenvalue weighted by atomic mass is 19.1. The van der Waals surface area contributed by atoms with Crippen molar-refractivity contribution in [2.75, 3.05) is 11.9 Å². The van der Waals surface area contributed by atoms with Crippen LogP contribution >= 0.6 is 0 Å². The van der Waals surface area contributed by atoms with E-state index in [1.54, 1.807) is 19.1 Å². The first-order valence-electron chi connectivity index (χ1n) is 5.81. The lowest BCUT2D eigenvalue weighted by Crippen LogP contribution is -2.21. The van der Waals surface area contributed by atoms with Gasteiger partial charge in [-0.15, -0.1) is 0 Å². The summed E-state index contributed by atoms with van der Waals surface area (Å²) in [6.45, 7) is 4.11. The lowest BCUT2D eigenvalue weighted by molar-refractivity contribution is -0.119. The van der Waals surface area contributed by atoms with Crippen molar-refractivity contribution in [1.82, 2.24) is 0 Å². The zero-order valence-corrected chi connectivity index (χ0v) is 10.3.